The van der Waals surface area contributed by atoms with Crippen molar-refractivity contribution in [3.8, 4) is 0 Å². The van der Waals surface area contributed by atoms with E-state index in [1.807, 2.05) is 0 Å². The fourth-order valence-electron chi connectivity index (χ4n) is 3.65. The molecule has 0 saturated carbocycles. The maximum absolute atomic E-state index is 11.8. The molecule has 0 aliphatic carbocycles. The number of aliphatic hydroxyl groups is 3. The van der Waals surface area contributed by atoms with Gasteiger partial charge in [-0.15, -0.1) is 0 Å². The quantitative estimate of drug-likeness (QED) is 0.164. The first kappa shape index (κ1) is 28.1. The van der Waals surface area contributed by atoms with E-state index in [-0.39, 0.29) is 5.57 Å². The topological polar surface area (TPSA) is 200 Å². The number of nitrogens with one attached hydrogen (secondary N) is 1. The number of hydrogen-bond donors (Lipinski definition) is 5. The van der Waals surface area contributed by atoms with Crippen molar-refractivity contribution in [1.82, 2.24) is 5.32 Å². The second-order valence-corrected chi connectivity index (χ2v) is 7.92. The van der Waals surface area contributed by atoms with Gasteiger partial charge in [-0.25, -0.2) is 9.59 Å². The van der Waals surface area contributed by atoms with Crippen molar-refractivity contribution in [2.75, 3.05) is 20.8 Å². The predicted molar refractivity (Wildman–Crippen MR) is 109 cm³/mol. The minimum atomic E-state index is -1.78. The summed E-state index contributed by atoms with van der Waals surface area (Å²) >= 11 is 0. The second-order valence-electron chi connectivity index (χ2n) is 7.92. The van der Waals surface area contributed by atoms with Crippen LogP contribution in [0.4, 0.5) is 0 Å². The van der Waals surface area contributed by atoms with Crippen LogP contribution in [0.25, 0.3) is 0 Å². The third-order valence-corrected chi connectivity index (χ3v) is 5.35. The van der Waals surface area contributed by atoms with Crippen molar-refractivity contribution in [2.24, 2.45) is 0 Å². The Morgan fingerprint density at radius 3 is 2.09 bits per heavy atom. The molecule has 4 unspecified atom stereocenters. The van der Waals surface area contributed by atoms with E-state index in [2.05, 4.69) is 11.9 Å². The Labute approximate surface area is 195 Å². The van der Waals surface area contributed by atoms with E-state index in [9.17, 15) is 34.8 Å². The molecule has 34 heavy (non-hydrogen) atoms. The molecule has 0 bridgehead atoms. The van der Waals surface area contributed by atoms with Crippen LogP contribution in [-0.2, 0) is 42.8 Å². The molecule has 0 radical (unpaired) electrons. The summed E-state index contributed by atoms with van der Waals surface area (Å²) in [6.45, 7) is 5.63. The summed E-state index contributed by atoms with van der Waals surface area (Å²) in [5.74, 6) is -2.77. The van der Waals surface area contributed by atoms with Crippen LogP contribution in [0.5, 0.6) is 0 Å². The van der Waals surface area contributed by atoms with Crippen LogP contribution in [0.2, 0.25) is 0 Å². The summed E-state index contributed by atoms with van der Waals surface area (Å²) in [7, 11) is 2.39. The van der Waals surface area contributed by atoms with Crippen LogP contribution in [0.3, 0.4) is 0 Å². The lowest BCUT2D eigenvalue weighted by Crippen LogP contribution is -2.68. The number of carbonyl (C=O) groups is 3. The summed E-state index contributed by atoms with van der Waals surface area (Å²) < 4.78 is 31.8. The Morgan fingerprint density at radius 2 is 1.59 bits per heavy atom. The SMILES string of the molecule is C=C(C)C(=O)OCC1OC(OC)[C@@H](NC(C)=O)[C@@H](OC2OC(C(=O)O)[C@@H](OC)[C@H](O)[C@@H]2O)[C@@H]1O. The van der Waals surface area contributed by atoms with Gasteiger partial charge >= 0.3 is 11.9 Å². The van der Waals surface area contributed by atoms with E-state index in [1.165, 1.54) is 21.0 Å². The highest BCUT2D eigenvalue weighted by Crippen LogP contribution is 2.30. The number of carboxylic acids is 1. The summed E-state index contributed by atoms with van der Waals surface area (Å²) in [6, 6.07) is -1.16. The maximum atomic E-state index is 11.8. The Morgan fingerprint density at radius 1 is 0.941 bits per heavy atom. The van der Waals surface area contributed by atoms with Gasteiger partial charge in [0.25, 0.3) is 0 Å². The third kappa shape index (κ3) is 6.28. The number of aliphatic carboxylic acids is 1. The largest absolute Gasteiger partial charge is 0.479 e. The highest BCUT2D eigenvalue weighted by atomic mass is 16.7. The monoisotopic (exact) mass is 493 g/mol. The van der Waals surface area contributed by atoms with Crippen LogP contribution in [-0.4, -0.2) is 120 Å². The van der Waals surface area contributed by atoms with Gasteiger partial charge in [-0.05, 0) is 6.92 Å². The molecule has 2 heterocycles. The van der Waals surface area contributed by atoms with Crippen LogP contribution >= 0.6 is 0 Å². The minimum Gasteiger partial charge on any atom is -0.479 e. The lowest BCUT2D eigenvalue weighted by Gasteiger charge is -2.47. The molecule has 10 atom stereocenters. The molecule has 14 heteroatoms. The first-order valence-electron chi connectivity index (χ1n) is 10.3. The van der Waals surface area contributed by atoms with Crippen molar-refractivity contribution < 1.29 is 63.2 Å². The second kappa shape index (κ2) is 12.0. The van der Waals surface area contributed by atoms with E-state index in [0.29, 0.717) is 0 Å². The Bertz CT molecular complexity index is 761. The highest BCUT2D eigenvalue weighted by molar-refractivity contribution is 5.86. The molecule has 2 aliphatic rings. The average Bonchev–Trinajstić information content (AvgIpc) is 2.77. The van der Waals surface area contributed by atoms with Gasteiger partial charge in [0.1, 0.15) is 49.3 Å². The van der Waals surface area contributed by atoms with Crippen LogP contribution in [0.1, 0.15) is 13.8 Å². The number of methoxy groups -OCH3 is 2. The van der Waals surface area contributed by atoms with Gasteiger partial charge in [-0.1, -0.05) is 6.58 Å². The zero-order valence-electron chi connectivity index (χ0n) is 19.2. The Kier molecular flexibility index (Phi) is 9.90. The van der Waals surface area contributed by atoms with E-state index in [4.69, 9.17) is 28.4 Å². The number of hydrogen-bond acceptors (Lipinski definition) is 12. The predicted octanol–water partition coefficient (Wildman–Crippen LogP) is -2.73. The van der Waals surface area contributed by atoms with Crippen LogP contribution in [0.15, 0.2) is 12.2 Å². The summed E-state index contributed by atoms with van der Waals surface area (Å²) in [4.78, 5) is 35.1. The number of esters is 1. The molecule has 2 saturated heterocycles. The van der Waals surface area contributed by atoms with Crippen LogP contribution < -0.4 is 5.32 Å². The molecule has 2 rings (SSSR count). The lowest BCUT2D eigenvalue weighted by atomic mass is 9.95. The molecule has 2 aliphatic heterocycles. The molecular weight excluding hydrogens is 462 g/mol. The zero-order valence-corrected chi connectivity index (χ0v) is 19.2. The van der Waals surface area contributed by atoms with E-state index < -0.39 is 85.8 Å². The summed E-state index contributed by atoms with van der Waals surface area (Å²) in [5.41, 5.74) is 0.109. The molecule has 5 N–H and O–H groups in total. The Balaban J connectivity index is 2.31. The fraction of sp³-hybridized carbons (Fsp3) is 0.750. The van der Waals surface area contributed by atoms with Gasteiger partial charge in [0, 0.05) is 26.7 Å². The molecule has 1 amide bonds. The first-order valence-corrected chi connectivity index (χ1v) is 10.3. The average molecular weight is 493 g/mol. The van der Waals surface area contributed by atoms with Gasteiger partial charge in [0.15, 0.2) is 18.7 Å². The molecular formula is C20H31NO13. The number of amides is 1. The van der Waals surface area contributed by atoms with Crippen molar-refractivity contribution >= 4 is 17.8 Å². The van der Waals surface area contributed by atoms with E-state index >= 15 is 0 Å². The standard InChI is InChI=1S/C20H31NO13/c1-7(2)18(28)31-6-9-11(23)14(10(21-8(3)22)19(30-5)32-9)33-20-13(25)12(24)15(29-4)16(34-20)17(26)27/h9-16,19-20,23-25H,1,6H2,2-5H3,(H,21,22)(H,26,27)/t9?,10-,11+,12+,13-,14+,15-,16?,19?,20?/m0/s1. The molecule has 14 nitrogen and oxygen atoms in total. The highest BCUT2D eigenvalue weighted by Gasteiger charge is 2.53. The molecule has 0 aromatic carbocycles. The normalized spacial score (nSPS) is 38.1. The lowest BCUT2D eigenvalue weighted by molar-refractivity contribution is -0.340. The number of rotatable bonds is 9. The number of ether oxygens (including phenoxy) is 6. The van der Waals surface area contributed by atoms with Crippen molar-refractivity contribution in [1.29, 1.82) is 0 Å². The van der Waals surface area contributed by atoms with Gasteiger partial charge < -0.3 is 54.2 Å². The molecule has 0 aromatic rings. The number of carbonyl (C=O) groups excluding carboxylic acids is 2. The summed E-state index contributed by atoms with van der Waals surface area (Å²) in [5, 5.41) is 43.6. The molecule has 0 spiro atoms. The van der Waals surface area contributed by atoms with Crippen molar-refractivity contribution in [3.63, 3.8) is 0 Å². The first-order chi connectivity index (χ1) is 15.9. The summed E-state index contributed by atoms with van der Waals surface area (Å²) in [6.07, 6.45) is -13.8. The van der Waals surface area contributed by atoms with Crippen LogP contribution in [0, 0.1) is 0 Å². The van der Waals surface area contributed by atoms with Gasteiger partial charge in [-0.3, -0.25) is 4.79 Å². The van der Waals surface area contributed by atoms with Crippen molar-refractivity contribution in [3.05, 3.63) is 12.2 Å². The molecule has 2 fully saturated rings. The maximum Gasteiger partial charge on any atom is 0.335 e. The van der Waals surface area contributed by atoms with Crippen molar-refractivity contribution in [2.45, 2.75) is 75.2 Å². The number of aliphatic hydroxyl groups excluding tert-OH is 3. The third-order valence-electron chi connectivity index (χ3n) is 5.35. The van der Waals surface area contributed by atoms with Gasteiger partial charge in [0.05, 0.1) is 0 Å². The van der Waals surface area contributed by atoms with Gasteiger partial charge in [-0.2, -0.15) is 0 Å². The molecule has 194 valence electrons. The Hall–Kier alpha value is -2.17. The van der Waals surface area contributed by atoms with E-state index in [0.717, 1.165) is 7.11 Å². The zero-order chi connectivity index (χ0) is 25.7. The number of carboxylic acid groups (broad SMARTS) is 1. The van der Waals surface area contributed by atoms with Gasteiger partial charge in [0.2, 0.25) is 5.91 Å². The fourth-order valence-corrected chi connectivity index (χ4v) is 3.65. The van der Waals surface area contributed by atoms with E-state index in [1.54, 1.807) is 0 Å². The minimum absolute atomic E-state index is 0.109. The molecule has 0 aromatic heterocycles. The smallest absolute Gasteiger partial charge is 0.335 e.